The van der Waals surface area contributed by atoms with E-state index in [0.717, 1.165) is 0 Å². The third kappa shape index (κ3) is 3.79. The number of benzene rings is 2. The summed E-state index contributed by atoms with van der Waals surface area (Å²) in [5.74, 6) is -0.160. The van der Waals surface area contributed by atoms with E-state index in [1.807, 2.05) is 6.07 Å². The molecule has 0 heterocycles. The van der Waals surface area contributed by atoms with Crippen LogP contribution in [0, 0.1) is 0 Å². The van der Waals surface area contributed by atoms with Gasteiger partial charge in [-0.25, -0.2) is 8.42 Å². The number of halogens is 2. The van der Waals surface area contributed by atoms with Crippen LogP contribution in [-0.4, -0.2) is 8.42 Å². The number of anilines is 2. The van der Waals surface area contributed by atoms with Crippen molar-refractivity contribution in [3.8, 4) is 0 Å². The molecule has 0 fully saturated rings. The van der Waals surface area contributed by atoms with Crippen LogP contribution < -0.4 is 10.5 Å². The number of hydrogen-bond donors (Lipinski definition) is 2. The summed E-state index contributed by atoms with van der Waals surface area (Å²) in [4.78, 5) is 0. The Labute approximate surface area is 127 Å². The van der Waals surface area contributed by atoms with Gasteiger partial charge < -0.3 is 5.73 Å². The second kappa shape index (κ2) is 5.91. The van der Waals surface area contributed by atoms with Crippen LogP contribution in [0.15, 0.2) is 42.5 Å². The highest BCUT2D eigenvalue weighted by Crippen LogP contribution is 2.33. The molecule has 0 saturated heterocycles. The number of nitrogens with one attached hydrogen (secondary N) is 1. The molecule has 0 aliphatic heterocycles. The van der Waals surface area contributed by atoms with Gasteiger partial charge in [-0.2, -0.15) is 0 Å². The van der Waals surface area contributed by atoms with E-state index < -0.39 is 10.0 Å². The second-order valence-electron chi connectivity index (χ2n) is 4.20. The molecule has 0 bridgehead atoms. The molecule has 0 unspecified atom stereocenters. The Morgan fingerprint density at radius 1 is 1.10 bits per heavy atom. The van der Waals surface area contributed by atoms with E-state index in [1.54, 1.807) is 24.3 Å². The molecule has 0 aliphatic rings. The van der Waals surface area contributed by atoms with E-state index in [2.05, 4.69) is 4.72 Å². The Bertz CT molecular complexity index is 695. The first-order valence-electron chi connectivity index (χ1n) is 5.66. The summed E-state index contributed by atoms with van der Waals surface area (Å²) >= 11 is 11.7. The highest BCUT2D eigenvalue weighted by molar-refractivity contribution is 7.91. The van der Waals surface area contributed by atoms with Crippen molar-refractivity contribution in [3.63, 3.8) is 0 Å². The number of rotatable bonds is 4. The summed E-state index contributed by atoms with van der Waals surface area (Å²) in [6, 6.07) is 11.7. The van der Waals surface area contributed by atoms with Gasteiger partial charge in [0, 0.05) is 5.02 Å². The van der Waals surface area contributed by atoms with Crippen molar-refractivity contribution in [2.75, 3.05) is 10.5 Å². The van der Waals surface area contributed by atoms with E-state index in [0.29, 0.717) is 10.6 Å². The fraction of sp³-hybridized carbons (Fsp3) is 0.0769. The molecule has 2 aromatic rings. The maximum Gasteiger partial charge on any atom is 0.237 e. The monoisotopic (exact) mass is 330 g/mol. The third-order valence-electron chi connectivity index (χ3n) is 2.54. The average Bonchev–Trinajstić information content (AvgIpc) is 2.34. The molecule has 7 heteroatoms. The molecule has 3 N–H and O–H groups in total. The van der Waals surface area contributed by atoms with Gasteiger partial charge in [-0.1, -0.05) is 53.5 Å². The molecule has 0 aliphatic carbocycles. The van der Waals surface area contributed by atoms with Gasteiger partial charge in [0.15, 0.2) is 0 Å². The van der Waals surface area contributed by atoms with Gasteiger partial charge in [0.25, 0.3) is 0 Å². The highest BCUT2D eigenvalue weighted by atomic mass is 35.5. The van der Waals surface area contributed by atoms with Crippen molar-refractivity contribution in [2.24, 2.45) is 0 Å². The molecule has 0 spiro atoms. The topological polar surface area (TPSA) is 72.2 Å². The number of nitrogen functional groups attached to an aromatic ring is 1. The van der Waals surface area contributed by atoms with Crippen molar-refractivity contribution in [3.05, 3.63) is 58.1 Å². The summed E-state index contributed by atoms with van der Waals surface area (Å²) in [7, 11) is -3.60. The normalized spacial score (nSPS) is 11.3. The SMILES string of the molecule is Nc1cc(Cl)cc(Cl)c1NS(=O)(=O)Cc1ccccc1. The first-order chi connectivity index (χ1) is 9.37. The lowest BCUT2D eigenvalue weighted by molar-refractivity contribution is 0.600. The van der Waals surface area contributed by atoms with Gasteiger partial charge in [0.05, 0.1) is 22.2 Å². The van der Waals surface area contributed by atoms with Gasteiger partial charge in [-0.05, 0) is 17.7 Å². The second-order valence-corrected chi connectivity index (χ2v) is 6.76. The maximum atomic E-state index is 12.1. The number of hydrogen-bond acceptors (Lipinski definition) is 3. The van der Waals surface area contributed by atoms with E-state index >= 15 is 0 Å². The van der Waals surface area contributed by atoms with Crippen LogP contribution in [-0.2, 0) is 15.8 Å². The maximum absolute atomic E-state index is 12.1. The van der Waals surface area contributed by atoms with Crippen molar-refractivity contribution in [1.29, 1.82) is 0 Å². The fourth-order valence-electron chi connectivity index (χ4n) is 1.69. The van der Waals surface area contributed by atoms with Gasteiger partial charge >= 0.3 is 0 Å². The molecule has 0 aromatic heterocycles. The summed E-state index contributed by atoms with van der Waals surface area (Å²) in [6.45, 7) is 0. The van der Waals surface area contributed by atoms with E-state index in [-0.39, 0.29) is 22.2 Å². The van der Waals surface area contributed by atoms with Gasteiger partial charge in [-0.3, -0.25) is 4.72 Å². The first-order valence-corrected chi connectivity index (χ1v) is 8.07. The lowest BCUT2D eigenvalue weighted by atomic mass is 10.2. The lowest BCUT2D eigenvalue weighted by Gasteiger charge is -2.12. The molecule has 106 valence electrons. The summed E-state index contributed by atoms with van der Waals surface area (Å²) in [5.41, 5.74) is 6.72. The zero-order valence-electron chi connectivity index (χ0n) is 10.3. The summed E-state index contributed by atoms with van der Waals surface area (Å²) < 4.78 is 26.6. The fourth-order valence-corrected chi connectivity index (χ4v) is 3.54. The molecule has 20 heavy (non-hydrogen) atoms. The lowest BCUT2D eigenvalue weighted by Crippen LogP contribution is -2.16. The van der Waals surface area contributed by atoms with Crippen LogP contribution in [0.4, 0.5) is 11.4 Å². The van der Waals surface area contributed by atoms with Crippen molar-refractivity contribution < 1.29 is 8.42 Å². The Hall–Kier alpha value is -1.43. The third-order valence-corrected chi connectivity index (χ3v) is 4.29. The number of sulfonamides is 1. The standard InChI is InChI=1S/C13H12Cl2N2O2S/c14-10-6-11(15)13(12(16)7-10)17-20(18,19)8-9-4-2-1-3-5-9/h1-7,17H,8,16H2. The molecule has 0 saturated carbocycles. The van der Waals surface area contributed by atoms with Crippen molar-refractivity contribution in [2.45, 2.75) is 5.75 Å². The van der Waals surface area contributed by atoms with E-state index in [9.17, 15) is 8.42 Å². The quantitative estimate of drug-likeness (QED) is 0.842. The molecule has 2 aromatic carbocycles. The van der Waals surface area contributed by atoms with Crippen LogP contribution in [0.3, 0.4) is 0 Å². The van der Waals surface area contributed by atoms with E-state index in [4.69, 9.17) is 28.9 Å². The highest BCUT2D eigenvalue weighted by Gasteiger charge is 2.16. The van der Waals surface area contributed by atoms with Crippen LogP contribution in [0.5, 0.6) is 0 Å². The Morgan fingerprint density at radius 3 is 2.35 bits per heavy atom. The molecule has 0 atom stereocenters. The summed E-state index contributed by atoms with van der Waals surface area (Å²) in [5, 5.41) is 0.505. The molecular formula is C13H12Cl2N2O2S. The molecule has 2 rings (SSSR count). The van der Waals surface area contributed by atoms with Crippen LogP contribution in [0.1, 0.15) is 5.56 Å². The smallest absolute Gasteiger partial charge is 0.237 e. The van der Waals surface area contributed by atoms with Crippen molar-refractivity contribution >= 4 is 44.6 Å². The molecule has 0 amide bonds. The average molecular weight is 331 g/mol. The van der Waals surface area contributed by atoms with Crippen LogP contribution in [0.25, 0.3) is 0 Å². The minimum atomic E-state index is -3.60. The Kier molecular flexibility index (Phi) is 4.42. The Morgan fingerprint density at radius 2 is 1.75 bits per heavy atom. The molecular weight excluding hydrogens is 319 g/mol. The van der Waals surface area contributed by atoms with Gasteiger partial charge in [-0.15, -0.1) is 0 Å². The summed E-state index contributed by atoms with van der Waals surface area (Å²) in [6.07, 6.45) is 0. The number of nitrogens with two attached hydrogens (primary N) is 1. The largest absolute Gasteiger partial charge is 0.397 e. The molecule has 4 nitrogen and oxygen atoms in total. The van der Waals surface area contributed by atoms with Gasteiger partial charge in [0.1, 0.15) is 0 Å². The van der Waals surface area contributed by atoms with Gasteiger partial charge in [0.2, 0.25) is 10.0 Å². The predicted molar refractivity (Wildman–Crippen MR) is 83.6 cm³/mol. The predicted octanol–water partition coefficient (Wildman–Crippen LogP) is 3.52. The Balaban J connectivity index is 2.25. The zero-order chi connectivity index (χ0) is 14.8. The van der Waals surface area contributed by atoms with Crippen LogP contribution >= 0.6 is 23.2 Å². The minimum Gasteiger partial charge on any atom is -0.397 e. The van der Waals surface area contributed by atoms with Crippen molar-refractivity contribution in [1.82, 2.24) is 0 Å². The molecule has 0 radical (unpaired) electrons. The zero-order valence-corrected chi connectivity index (χ0v) is 12.6. The first kappa shape index (κ1) is 15.0. The van der Waals surface area contributed by atoms with E-state index in [1.165, 1.54) is 12.1 Å². The minimum absolute atomic E-state index is 0.145. The van der Waals surface area contributed by atoms with Crippen LogP contribution in [0.2, 0.25) is 10.0 Å².